The van der Waals surface area contributed by atoms with E-state index in [1.54, 1.807) is 12.4 Å². The van der Waals surface area contributed by atoms with Gasteiger partial charge in [-0.15, -0.1) is 0 Å². The standard InChI is InChI=1S/C12H14N2O2/c1-14-6-11(13-8-14)5-9-3-2-4-10(7-15)12(9)16/h2-4,6,8,15-16H,5,7H2,1H3. The predicted octanol–water partition coefficient (Wildman–Crippen LogP) is 1.21. The van der Waals surface area contributed by atoms with E-state index >= 15 is 0 Å². The largest absolute Gasteiger partial charge is 0.507 e. The van der Waals surface area contributed by atoms with E-state index in [0.29, 0.717) is 12.0 Å². The van der Waals surface area contributed by atoms with E-state index in [0.717, 1.165) is 11.3 Å². The molecule has 0 fully saturated rings. The van der Waals surface area contributed by atoms with Crippen LogP contribution in [0.4, 0.5) is 0 Å². The third kappa shape index (κ3) is 2.06. The fourth-order valence-corrected chi connectivity index (χ4v) is 1.67. The molecule has 0 unspecified atom stereocenters. The summed E-state index contributed by atoms with van der Waals surface area (Å²) in [5, 5.41) is 18.9. The maximum atomic E-state index is 9.86. The van der Waals surface area contributed by atoms with Gasteiger partial charge in [-0.05, 0) is 0 Å². The van der Waals surface area contributed by atoms with Crippen LogP contribution in [0.3, 0.4) is 0 Å². The lowest BCUT2D eigenvalue weighted by Gasteiger charge is -2.06. The van der Waals surface area contributed by atoms with Gasteiger partial charge in [-0.3, -0.25) is 0 Å². The zero-order chi connectivity index (χ0) is 11.5. The van der Waals surface area contributed by atoms with Crippen molar-refractivity contribution in [3.63, 3.8) is 0 Å². The SMILES string of the molecule is Cn1cnc(Cc2cccc(CO)c2O)c1. The number of phenols is 1. The number of hydrogen-bond donors (Lipinski definition) is 2. The van der Waals surface area contributed by atoms with Gasteiger partial charge in [0.15, 0.2) is 0 Å². The summed E-state index contributed by atoms with van der Waals surface area (Å²) in [6, 6.07) is 5.37. The lowest BCUT2D eigenvalue weighted by Crippen LogP contribution is -1.93. The average Bonchev–Trinajstić information content (AvgIpc) is 2.67. The van der Waals surface area contributed by atoms with Crippen molar-refractivity contribution in [2.24, 2.45) is 7.05 Å². The van der Waals surface area contributed by atoms with Crippen molar-refractivity contribution in [2.45, 2.75) is 13.0 Å². The third-order valence-corrected chi connectivity index (χ3v) is 2.50. The molecular weight excluding hydrogens is 204 g/mol. The van der Waals surface area contributed by atoms with E-state index in [4.69, 9.17) is 5.11 Å². The van der Waals surface area contributed by atoms with Gasteiger partial charge < -0.3 is 14.8 Å². The fourth-order valence-electron chi connectivity index (χ4n) is 1.67. The van der Waals surface area contributed by atoms with E-state index in [1.165, 1.54) is 0 Å². The minimum atomic E-state index is -0.151. The van der Waals surface area contributed by atoms with Crippen molar-refractivity contribution in [3.8, 4) is 5.75 Å². The summed E-state index contributed by atoms with van der Waals surface area (Å²) in [4.78, 5) is 4.20. The number of hydrogen-bond acceptors (Lipinski definition) is 3. The fraction of sp³-hybridized carbons (Fsp3) is 0.250. The summed E-state index contributed by atoms with van der Waals surface area (Å²) < 4.78 is 1.86. The number of aliphatic hydroxyl groups excluding tert-OH is 1. The second kappa shape index (κ2) is 4.37. The number of aliphatic hydroxyl groups is 1. The Morgan fingerprint density at radius 3 is 2.69 bits per heavy atom. The van der Waals surface area contributed by atoms with Gasteiger partial charge in [-0.2, -0.15) is 0 Å². The molecule has 16 heavy (non-hydrogen) atoms. The highest BCUT2D eigenvalue weighted by Crippen LogP contribution is 2.24. The minimum Gasteiger partial charge on any atom is -0.507 e. The Bertz CT molecular complexity index is 492. The van der Waals surface area contributed by atoms with E-state index in [2.05, 4.69) is 4.98 Å². The predicted molar refractivity (Wildman–Crippen MR) is 60.0 cm³/mol. The number of rotatable bonds is 3. The van der Waals surface area contributed by atoms with Crippen LogP contribution in [0.5, 0.6) is 5.75 Å². The summed E-state index contributed by atoms with van der Waals surface area (Å²) in [5.41, 5.74) is 2.23. The zero-order valence-electron chi connectivity index (χ0n) is 9.09. The highest BCUT2D eigenvalue weighted by atomic mass is 16.3. The number of para-hydroxylation sites is 1. The number of nitrogens with zero attached hydrogens (tertiary/aromatic N) is 2. The van der Waals surface area contributed by atoms with Gasteiger partial charge in [0.1, 0.15) is 5.75 Å². The van der Waals surface area contributed by atoms with Crippen LogP contribution >= 0.6 is 0 Å². The van der Waals surface area contributed by atoms with Gasteiger partial charge in [0, 0.05) is 30.8 Å². The zero-order valence-corrected chi connectivity index (χ0v) is 9.09. The summed E-state index contributed by atoms with van der Waals surface area (Å²) in [7, 11) is 1.90. The highest BCUT2D eigenvalue weighted by molar-refractivity contribution is 5.41. The molecule has 0 aliphatic rings. The number of aryl methyl sites for hydroxylation is 1. The molecule has 2 N–H and O–H groups in total. The van der Waals surface area contributed by atoms with Crippen LogP contribution < -0.4 is 0 Å². The van der Waals surface area contributed by atoms with E-state index in [9.17, 15) is 5.11 Å². The lowest BCUT2D eigenvalue weighted by molar-refractivity contribution is 0.275. The molecular formula is C12H14N2O2. The van der Waals surface area contributed by atoms with Crippen LogP contribution in [0.1, 0.15) is 16.8 Å². The molecule has 0 atom stereocenters. The molecule has 0 saturated carbocycles. The molecule has 4 nitrogen and oxygen atoms in total. The van der Waals surface area contributed by atoms with Crippen LogP contribution in [-0.4, -0.2) is 19.8 Å². The van der Waals surface area contributed by atoms with Gasteiger partial charge in [-0.25, -0.2) is 4.98 Å². The van der Waals surface area contributed by atoms with Crippen LogP contribution in [0, 0.1) is 0 Å². The molecule has 2 aromatic rings. The van der Waals surface area contributed by atoms with Crippen LogP contribution in [0.15, 0.2) is 30.7 Å². The van der Waals surface area contributed by atoms with Crippen molar-refractivity contribution in [2.75, 3.05) is 0 Å². The van der Waals surface area contributed by atoms with Crippen molar-refractivity contribution in [3.05, 3.63) is 47.5 Å². The number of aromatic hydroxyl groups is 1. The first-order chi connectivity index (χ1) is 7.70. The van der Waals surface area contributed by atoms with Crippen LogP contribution in [-0.2, 0) is 20.1 Å². The van der Waals surface area contributed by atoms with E-state index < -0.39 is 0 Å². The van der Waals surface area contributed by atoms with Crippen molar-refractivity contribution >= 4 is 0 Å². The number of aromatic nitrogens is 2. The molecule has 0 aliphatic heterocycles. The summed E-state index contributed by atoms with van der Waals surface area (Å²) in [6.45, 7) is -0.151. The first kappa shape index (κ1) is 10.7. The van der Waals surface area contributed by atoms with Gasteiger partial charge in [0.05, 0.1) is 18.6 Å². The van der Waals surface area contributed by atoms with E-state index in [1.807, 2.05) is 29.9 Å². The maximum absolute atomic E-state index is 9.86. The third-order valence-electron chi connectivity index (χ3n) is 2.50. The smallest absolute Gasteiger partial charge is 0.124 e. The normalized spacial score (nSPS) is 10.6. The van der Waals surface area contributed by atoms with Crippen molar-refractivity contribution < 1.29 is 10.2 Å². The van der Waals surface area contributed by atoms with Gasteiger partial charge in [0.2, 0.25) is 0 Å². The molecule has 1 heterocycles. The number of imidazole rings is 1. The first-order valence-electron chi connectivity index (χ1n) is 5.08. The Morgan fingerprint density at radius 1 is 1.31 bits per heavy atom. The Balaban J connectivity index is 2.28. The summed E-state index contributed by atoms with van der Waals surface area (Å²) in [5.74, 6) is 0.163. The highest BCUT2D eigenvalue weighted by Gasteiger charge is 2.07. The molecule has 4 heteroatoms. The quantitative estimate of drug-likeness (QED) is 0.814. The summed E-state index contributed by atoms with van der Waals surface area (Å²) >= 11 is 0. The van der Waals surface area contributed by atoms with E-state index in [-0.39, 0.29) is 12.4 Å². The Kier molecular flexibility index (Phi) is 2.92. The summed E-state index contributed by atoms with van der Waals surface area (Å²) in [6.07, 6.45) is 4.20. The van der Waals surface area contributed by atoms with Gasteiger partial charge >= 0.3 is 0 Å². The minimum absolute atomic E-state index is 0.151. The molecule has 2 rings (SSSR count). The van der Waals surface area contributed by atoms with Crippen LogP contribution in [0.25, 0.3) is 0 Å². The molecule has 1 aromatic carbocycles. The van der Waals surface area contributed by atoms with Crippen molar-refractivity contribution in [1.82, 2.24) is 9.55 Å². The lowest BCUT2D eigenvalue weighted by atomic mass is 10.1. The monoisotopic (exact) mass is 218 g/mol. The first-order valence-corrected chi connectivity index (χ1v) is 5.08. The molecule has 0 spiro atoms. The van der Waals surface area contributed by atoms with Crippen LogP contribution in [0.2, 0.25) is 0 Å². The molecule has 0 aliphatic carbocycles. The Labute approximate surface area is 93.8 Å². The Hall–Kier alpha value is -1.81. The molecule has 0 amide bonds. The second-order valence-corrected chi connectivity index (χ2v) is 3.79. The van der Waals surface area contributed by atoms with Gasteiger partial charge in [0.25, 0.3) is 0 Å². The van der Waals surface area contributed by atoms with Gasteiger partial charge in [-0.1, -0.05) is 18.2 Å². The number of benzene rings is 1. The topological polar surface area (TPSA) is 58.3 Å². The van der Waals surface area contributed by atoms with Crippen molar-refractivity contribution in [1.29, 1.82) is 0 Å². The molecule has 84 valence electrons. The molecule has 0 saturated heterocycles. The molecule has 0 radical (unpaired) electrons. The Morgan fingerprint density at radius 2 is 2.06 bits per heavy atom. The molecule has 0 bridgehead atoms. The average molecular weight is 218 g/mol. The maximum Gasteiger partial charge on any atom is 0.124 e. The second-order valence-electron chi connectivity index (χ2n) is 3.79. The molecule has 1 aromatic heterocycles.